The lowest BCUT2D eigenvalue weighted by Gasteiger charge is -2.71. The van der Waals surface area contributed by atoms with Crippen molar-refractivity contribution in [3.8, 4) is 11.1 Å². The molecule has 5 nitrogen and oxygen atoms in total. The number of amides is 1. The first-order valence-electron chi connectivity index (χ1n) is 20.2. The summed E-state index contributed by atoms with van der Waals surface area (Å²) in [5.41, 5.74) is 2.73. The Morgan fingerprint density at radius 3 is 2.29 bits per heavy atom. The number of aliphatic hydroxyl groups excluding tert-OH is 1. The molecule has 51 heavy (non-hydrogen) atoms. The van der Waals surface area contributed by atoms with E-state index in [1.165, 1.54) is 19.3 Å². The number of carbonyl (C=O) groups is 2. The summed E-state index contributed by atoms with van der Waals surface area (Å²) < 4.78 is 6.72. The quantitative estimate of drug-likeness (QED) is 0.252. The van der Waals surface area contributed by atoms with E-state index < -0.39 is 11.0 Å². The van der Waals surface area contributed by atoms with Crippen molar-refractivity contribution >= 4 is 11.9 Å². The number of ketones is 1. The predicted molar refractivity (Wildman–Crippen MR) is 199 cm³/mol. The topological polar surface area (TPSA) is 66.8 Å². The maximum Gasteiger partial charge on any atom is 0.410 e. The Kier molecular flexibility index (Phi) is 6.68. The van der Waals surface area contributed by atoms with Crippen LogP contribution in [0.25, 0.3) is 11.1 Å². The van der Waals surface area contributed by atoms with Crippen molar-refractivity contribution in [1.29, 1.82) is 0 Å². The van der Waals surface area contributed by atoms with Crippen LogP contribution in [0, 0.1) is 56.7 Å². The zero-order valence-electron chi connectivity index (χ0n) is 31.0. The predicted octanol–water partition coefficient (Wildman–Crippen LogP) is 9.66. The number of hydrogen-bond donors (Lipinski definition) is 1. The Bertz CT molecular complexity index is 1860. The number of aliphatic hydroxyl groups is 1. The van der Waals surface area contributed by atoms with Crippen molar-refractivity contribution in [2.24, 2.45) is 56.7 Å². The van der Waals surface area contributed by atoms with Gasteiger partial charge >= 0.3 is 6.09 Å². The Hall–Kier alpha value is -3.18. The molecule has 3 spiro atoms. The van der Waals surface area contributed by atoms with Crippen molar-refractivity contribution in [2.75, 3.05) is 13.1 Å². The van der Waals surface area contributed by atoms with Gasteiger partial charge in [0.25, 0.3) is 0 Å². The van der Waals surface area contributed by atoms with Gasteiger partial charge in [-0.15, -0.1) is 0 Å². The maximum absolute atomic E-state index is 15.1. The van der Waals surface area contributed by atoms with Crippen LogP contribution >= 0.6 is 0 Å². The van der Waals surface area contributed by atoms with E-state index in [1.807, 2.05) is 30.3 Å². The number of carbonyl (C=O) groups excluding carboxylic acids is 2. The monoisotopic (exact) mass is 685 g/mol. The fourth-order valence-electron chi connectivity index (χ4n) is 14.6. The molecule has 1 aliphatic heterocycles. The molecular formula is C46H55NO4. The van der Waals surface area contributed by atoms with Crippen molar-refractivity contribution in [3.63, 3.8) is 0 Å². The number of allylic oxidation sites excluding steroid dienone is 4. The molecule has 1 saturated heterocycles. The van der Waals surface area contributed by atoms with E-state index in [9.17, 15) is 9.90 Å². The molecule has 4 bridgehead atoms. The highest BCUT2D eigenvalue weighted by Gasteiger charge is 2.76. The van der Waals surface area contributed by atoms with Crippen LogP contribution in [0.2, 0.25) is 0 Å². The van der Waals surface area contributed by atoms with Gasteiger partial charge in [0.05, 0.1) is 12.6 Å². The molecule has 0 radical (unpaired) electrons. The Morgan fingerprint density at radius 2 is 1.55 bits per heavy atom. The van der Waals surface area contributed by atoms with Crippen LogP contribution in [0.1, 0.15) is 102 Å². The van der Waals surface area contributed by atoms with Gasteiger partial charge in [-0.05, 0) is 116 Å². The molecule has 5 heteroatoms. The summed E-state index contributed by atoms with van der Waals surface area (Å²) in [7, 11) is 0. The second-order valence-corrected chi connectivity index (χ2v) is 19.5. The second-order valence-electron chi connectivity index (χ2n) is 19.5. The average molecular weight is 686 g/mol. The van der Waals surface area contributed by atoms with Crippen LogP contribution in [-0.4, -0.2) is 46.7 Å². The third kappa shape index (κ3) is 4.03. The molecular weight excluding hydrogens is 631 g/mol. The van der Waals surface area contributed by atoms with Gasteiger partial charge in [-0.25, -0.2) is 4.79 Å². The zero-order chi connectivity index (χ0) is 35.2. The van der Waals surface area contributed by atoms with Crippen LogP contribution < -0.4 is 0 Å². The van der Waals surface area contributed by atoms with Crippen molar-refractivity contribution in [2.45, 2.75) is 104 Å². The van der Waals surface area contributed by atoms with Gasteiger partial charge < -0.3 is 14.7 Å². The minimum atomic E-state index is -0.532. The summed E-state index contributed by atoms with van der Waals surface area (Å²) in [6.07, 6.45) is 16.8. The van der Waals surface area contributed by atoms with E-state index in [0.29, 0.717) is 36.1 Å². The van der Waals surface area contributed by atoms with Crippen LogP contribution in [0.5, 0.6) is 0 Å². The standard InChI is InChI=1S/C46H55NO4/c1-41(2)33-15-14-32(35(41)24-33)27-47-28-45(51-40(47)50)21-18-38-43(45,4)20-17-37-42(3)19-16-34(48)25-44(42)22-23-46(37,38)36(26-44)39(49)31-12-10-30(11-13-31)29-8-6-5-7-9-29/h5-13,22-23,26,32-35,37-38,48H,14-21,24-25,27-28H2,1-4H3. The number of ether oxygens (including phenoxy) is 1. The first-order chi connectivity index (χ1) is 24.4. The highest BCUT2D eigenvalue weighted by Crippen LogP contribution is 2.79. The van der Waals surface area contributed by atoms with Gasteiger partial charge in [0.2, 0.25) is 0 Å². The minimum Gasteiger partial charge on any atom is -0.440 e. The number of benzene rings is 2. The van der Waals surface area contributed by atoms with E-state index in [0.717, 1.165) is 73.3 Å². The maximum atomic E-state index is 15.1. The summed E-state index contributed by atoms with van der Waals surface area (Å²) in [4.78, 5) is 31.1. The molecule has 2 aromatic carbocycles. The molecule has 6 saturated carbocycles. The molecule has 10 aliphatic rings. The smallest absolute Gasteiger partial charge is 0.410 e. The van der Waals surface area contributed by atoms with Gasteiger partial charge in [0.1, 0.15) is 5.60 Å². The molecule has 268 valence electrons. The summed E-state index contributed by atoms with van der Waals surface area (Å²) in [5, 5.41) is 11.1. The van der Waals surface area contributed by atoms with Gasteiger partial charge in [0.15, 0.2) is 5.78 Å². The lowest BCUT2D eigenvalue weighted by molar-refractivity contribution is -0.164. The number of hydrogen-bond acceptors (Lipinski definition) is 4. The fourth-order valence-corrected chi connectivity index (χ4v) is 14.6. The normalized spacial score (nSPS) is 45.4. The van der Waals surface area contributed by atoms with Crippen LogP contribution in [0.4, 0.5) is 4.79 Å². The molecule has 11 atom stereocenters. The summed E-state index contributed by atoms with van der Waals surface area (Å²) in [5.74, 6) is 2.72. The number of fused-ring (bicyclic) bond motifs is 4. The largest absolute Gasteiger partial charge is 0.440 e. The first-order valence-corrected chi connectivity index (χ1v) is 20.2. The highest BCUT2D eigenvalue weighted by atomic mass is 16.6. The van der Waals surface area contributed by atoms with Gasteiger partial charge in [-0.2, -0.15) is 0 Å². The molecule has 0 aromatic heterocycles. The van der Waals surface area contributed by atoms with E-state index in [4.69, 9.17) is 4.74 Å². The summed E-state index contributed by atoms with van der Waals surface area (Å²) in [6, 6.07) is 18.5. The first kappa shape index (κ1) is 32.5. The fraction of sp³-hybridized carbons (Fsp3) is 0.609. The summed E-state index contributed by atoms with van der Waals surface area (Å²) in [6.45, 7) is 11.3. The Morgan fingerprint density at radius 1 is 0.843 bits per heavy atom. The van der Waals surface area contributed by atoms with Gasteiger partial charge in [-0.3, -0.25) is 4.79 Å². The molecule has 2 aromatic rings. The van der Waals surface area contributed by atoms with E-state index in [-0.39, 0.29) is 40.1 Å². The molecule has 11 unspecified atom stereocenters. The molecule has 1 N–H and O–H groups in total. The lowest BCUT2D eigenvalue weighted by atomic mass is 9.32. The number of Topliss-reactive ketones (excluding diaryl/α,β-unsaturated/α-hetero) is 1. The van der Waals surface area contributed by atoms with Crippen LogP contribution in [0.15, 0.2) is 78.4 Å². The second kappa shape index (κ2) is 10.5. The number of rotatable bonds is 5. The van der Waals surface area contributed by atoms with Crippen molar-refractivity contribution in [1.82, 2.24) is 4.90 Å². The third-order valence-electron chi connectivity index (χ3n) is 17.6. The molecule has 1 heterocycles. The van der Waals surface area contributed by atoms with Crippen LogP contribution in [-0.2, 0) is 4.74 Å². The highest BCUT2D eigenvalue weighted by molar-refractivity contribution is 6.10. The SMILES string of the molecule is CC1(C)C2CCC(CN3CC4(CCC5C67C=CC8(C=C6C(=O)c6ccc(-c9ccccc9)cc6)CC(O)CCC8(C)C7CCC54C)OC3=O)C1C2. The van der Waals surface area contributed by atoms with E-state index >= 15 is 4.79 Å². The molecule has 7 fully saturated rings. The average Bonchev–Trinajstić information content (AvgIpc) is 3.61. The molecule has 1 amide bonds. The van der Waals surface area contributed by atoms with E-state index in [1.54, 1.807) is 0 Å². The number of nitrogens with zero attached hydrogens (tertiary/aromatic N) is 1. The zero-order valence-corrected chi connectivity index (χ0v) is 31.0. The van der Waals surface area contributed by atoms with Crippen molar-refractivity contribution < 1.29 is 19.4 Å². The Balaban J connectivity index is 1.02. The van der Waals surface area contributed by atoms with E-state index in [2.05, 4.69) is 75.1 Å². The molecule has 12 rings (SSSR count). The van der Waals surface area contributed by atoms with Gasteiger partial charge in [0, 0.05) is 33.9 Å². The van der Waals surface area contributed by atoms with Gasteiger partial charge in [-0.1, -0.05) is 101 Å². The third-order valence-corrected chi connectivity index (χ3v) is 17.6. The van der Waals surface area contributed by atoms with Crippen LogP contribution in [0.3, 0.4) is 0 Å². The van der Waals surface area contributed by atoms with Crippen molar-refractivity contribution in [3.05, 3.63) is 84.0 Å². The summed E-state index contributed by atoms with van der Waals surface area (Å²) >= 11 is 0. The Labute approximate surface area is 303 Å². The lowest BCUT2D eigenvalue weighted by Crippen LogP contribution is -2.67. The minimum absolute atomic E-state index is 0.0359. The molecule has 9 aliphatic carbocycles.